The van der Waals surface area contributed by atoms with Crippen LogP contribution in [0, 0.1) is 0 Å². The first-order valence-electron chi connectivity index (χ1n) is 12.1. The molecule has 0 spiro atoms. The van der Waals surface area contributed by atoms with Crippen molar-refractivity contribution in [3.8, 4) is 0 Å². The predicted molar refractivity (Wildman–Crippen MR) is 142 cm³/mol. The largest absolute Gasteiger partial charge is 0.416 e. The second-order valence-corrected chi connectivity index (χ2v) is 8.83. The highest BCUT2D eigenvalue weighted by molar-refractivity contribution is 6.03. The molecule has 198 valence electrons. The number of hydrogen-bond donors (Lipinski definition) is 4. The second-order valence-electron chi connectivity index (χ2n) is 8.83. The van der Waals surface area contributed by atoms with Crippen LogP contribution in [0.5, 0.6) is 0 Å². The first-order valence-corrected chi connectivity index (χ1v) is 12.1. The maximum Gasteiger partial charge on any atom is 0.416 e. The summed E-state index contributed by atoms with van der Waals surface area (Å²) in [5.74, 6) is -0.670. The quantitative estimate of drug-likeness (QED) is 0.270. The molecule has 0 saturated carbocycles. The molecule has 1 saturated heterocycles. The summed E-state index contributed by atoms with van der Waals surface area (Å²) >= 11 is 0. The molecule has 0 aliphatic carbocycles. The summed E-state index contributed by atoms with van der Waals surface area (Å²) < 4.78 is 38.7. The number of anilines is 3. The number of carbonyl (C=O) groups excluding carboxylic acids is 2. The minimum atomic E-state index is -4.45. The summed E-state index contributed by atoms with van der Waals surface area (Å²) in [5.41, 5.74) is 7.84. The standard InChI is InChI=1S/C28H28F3N5O2/c29-28(30,31)21-10-12-22(13-11-21)34-27(38)26(36-17-15-33-16-18-36)20-8-5-19(6-9-20)7-14-25(37)35-24-4-2-1-3-23(24)32/h1-14,26,33H,15-18,32H2,(H,34,38)(H,35,37). The van der Waals surface area contributed by atoms with Crippen LogP contribution in [-0.2, 0) is 15.8 Å². The maximum absolute atomic E-state index is 13.3. The number of nitrogen functional groups attached to an aromatic ring is 1. The fourth-order valence-corrected chi connectivity index (χ4v) is 4.17. The van der Waals surface area contributed by atoms with Gasteiger partial charge in [-0.25, -0.2) is 0 Å². The molecule has 0 aromatic heterocycles. The predicted octanol–water partition coefficient (Wildman–Crippen LogP) is 4.52. The van der Waals surface area contributed by atoms with E-state index in [1.54, 1.807) is 42.5 Å². The van der Waals surface area contributed by atoms with Gasteiger partial charge in [0.05, 0.1) is 16.9 Å². The average molecular weight is 524 g/mol. The highest BCUT2D eigenvalue weighted by atomic mass is 19.4. The Balaban J connectivity index is 1.47. The number of benzene rings is 3. The van der Waals surface area contributed by atoms with Gasteiger partial charge in [0.25, 0.3) is 0 Å². The number of piperazine rings is 1. The van der Waals surface area contributed by atoms with Gasteiger partial charge in [0, 0.05) is 37.9 Å². The molecule has 10 heteroatoms. The lowest BCUT2D eigenvalue weighted by molar-refractivity contribution is -0.137. The molecule has 0 bridgehead atoms. The molecular weight excluding hydrogens is 495 g/mol. The van der Waals surface area contributed by atoms with Gasteiger partial charge in [-0.15, -0.1) is 0 Å². The van der Waals surface area contributed by atoms with E-state index in [4.69, 9.17) is 5.73 Å². The van der Waals surface area contributed by atoms with Gasteiger partial charge < -0.3 is 21.7 Å². The van der Waals surface area contributed by atoms with Crippen molar-refractivity contribution in [1.82, 2.24) is 10.2 Å². The van der Waals surface area contributed by atoms with Crippen LogP contribution in [0.1, 0.15) is 22.7 Å². The molecule has 4 rings (SSSR count). The first kappa shape index (κ1) is 26.9. The van der Waals surface area contributed by atoms with Crippen LogP contribution in [0.25, 0.3) is 6.08 Å². The number of nitrogens with two attached hydrogens (primary N) is 1. The highest BCUT2D eigenvalue weighted by Crippen LogP contribution is 2.30. The molecule has 1 aliphatic heterocycles. The van der Waals surface area contributed by atoms with E-state index < -0.39 is 17.8 Å². The van der Waals surface area contributed by atoms with Crippen molar-refractivity contribution in [2.24, 2.45) is 0 Å². The van der Waals surface area contributed by atoms with Crippen molar-refractivity contribution in [2.75, 3.05) is 42.5 Å². The third-order valence-electron chi connectivity index (χ3n) is 6.14. The van der Waals surface area contributed by atoms with Gasteiger partial charge in [0.2, 0.25) is 11.8 Å². The number of rotatable bonds is 7. The van der Waals surface area contributed by atoms with E-state index in [1.807, 2.05) is 17.0 Å². The Labute approximate surface area is 218 Å². The summed E-state index contributed by atoms with van der Waals surface area (Å²) in [6.45, 7) is 2.70. The van der Waals surface area contributed by atoms with Crippen LogP contribution in [-0.4, -0.2) is 42.9 Å². The van der Waals surface area contributed by atoms with E-state index in [2.05, 4.69) is 16.0 Å². The molecule has 3 aromatic rings. The number of nitrogens with zero attached hydrogens (tertiary/aromatic N) is 1. The molecule has 1 unspecified atom stereocenters. The monoisotopic (exact) mass is 523 g/mol. The van der Waals surface area contributed by atoms with Crippen molar-refractivity contribution in [3.63, 3.8) is 0 Å². The molecule has 1 atom stereocenters. The fourth-order valence-electron chi connectivity index (χ4n) is 4.17. The molecule has 5 N–H and O–H groups in total. The molecule has 1 fully saturated rings. The van der Waals surface area contributed by atoms with Crippen molar-refractivity contribution in [2.45, 2.75) is 12.2 Å². The lowest BCUT2D eigenvalue weighted by Gasteiger charge is -2.34. The van der Waals surface area contributed by atoms with Gasteiger partial charge in [-0.2, -0.15) is 13.2 Å². The van der Waals surface area contributed by atoms with Crippen LogP contribution in [0.3, 0.4) is 0 Å². The van der Waals surface area contributed by atoms with Crippen LogP contribution in [0.15, 0.2) is 78.9 Å². The highest BCUT2D eigenvalue weighted by Gasteiger charge is 2.31. The summed E-state index contributed by atoms with van der Waals surface area (Å²) in [4.78, 5) is 27.6. The van der Waals surface area contributed by atoms with E-state index in [0.29, 0.717) is 37.6 Å². The number of alkyl halides is 3. The maximum atomic E-state index is 13.3. The van der Waals surface area contributed by atoms with Gasteiger partial charge in [-0.05, 0) is 53.6 Å². The number of nitrogens with one attached hydrogen (secondary N) is 3. The van der Waals surface area contributed by atoms with Gasteiger partial charge in [0.15, 0.2) is 0 Å². The van der Waals surface area contributed by atoms with Crippen molar-refractivity contribution in [3.05, 3.63) is 95.6 Å². The smallest absolute Gasteiger partial charge is 0.397 e. The van der Waals surface area contributed by atoms with Gasteiger partial charge in [0.1, 0.15) is 6.04 Å². The number of para-hydroxylation sites is 2. The molecule has 1 aliphatic rings. The lowest BCUT2D eigenvalue weighted by atomic mass is 10.0. The zero-order chi connectivity index (χ0) is 27.1. The number of carbonyl (C=O) groups is 2. The Bertz CT molecular complexity index is 1290. The third-order valence-corrected chi connectivity index (χ3v) is 6.14. The molecule has 1 heterocycles. The van der Waals surface area contributed by atoms with Crippen LogP contribution >= 0.6 is 0 Å². The topological polar surface area (TPSA) is 99.5 Å². The zero-order valence-corrected chi connectivity index (χ0v) is 20.5. The average Bonchev–Trinajstić information content (AvgIpc) is 2.90. The fraction of sp³-hybridized carbons (Fsp3) is 0.214. The Kier molecular flexibility index (Phi) is 8.45. The van der Waals surface area contributed by atoms with Crippen molar-refractivity contribution < 1.29 is 22.8 Å². The SMILES string of the molecule is Nc1ccccc1NC(=O)C=Cc1ccc(C(C(=O)Nc2ccc(C(F)(F)F)cc2)N2CCNCC2)cc1. The molecule has 7 nitrogen and oxygen atoms in total. The van der Waals surface area contributed by atoms with E-state index in [1.165, 1.54) is 18.2 Å². The first-order chi connectivity index (χ1) is 18.2. The zero-order valence-electron chi connectivity index (χ0n) is 20.5. The Hall–Kier alpha value is -4.15. The lowest BCUT2D eigenvalue weighted by Crippen LogP contribution is -2.48. The minimum Gasteiger partial charge on any atom is -0.397 e. The Morgan fingerprint density at radius 2 is 1.58 bits per heavy atom. The van der Waals surface area contributed by atoms with Crippen molar-refractivity contribution >= 4 is 35.0 Å². The normalized spacial score (nSPS) is 15.2. The summed E-state index contributed by atoms with van der Waals surface area (Å²) in [7, 11) is 0. The number of amides is 2. The Morgan fingerprint density at radius 1 is 0.921 bits per heavy atom. The van der Waals surface area contributed by atoms with E-state index in [9.17, 15) is 22.8 Å². The minimum absolute atomic E-state index is 0.285. The molecule has 0 radical (unpaired) electrons. The Morgan fingerprint density at radius 3 is 2.21 bits per heavy atom. The van der Waals surface area contributed by atoms with Crippen molar-refractivity contribution in [1.29, 1.82) is 0 Å². The second kappa shape index (κ2) is 11.9. The molecule has 3 aromatic carbocycles. The molecular formula is C28H28F3N5O2. The molecule has 38 heavy (non-hydrogen) atoms. The molecule has 2 amide bonds. The summed E-state index contributed by atoms with van der Waals surface area (Å²) in [5, 5.41) is 8.73. The van der Waals surface area contributed by atoms with Gasteiger partial charge >= 0.3 is 6.18 Å². The van der Waals surface area contributed by atoms with Crippen LogP contribution in [0.2, 0.25) is 0 Å². The van der Waals surface area contributed by atoms with E-state index in [0.717, 1.165) is 23.3 Å². The third kappa shape index (κ3) is 6.99. The van der Waals surface area contributed by atoms with Crippen LogP contribution < -0.4 is 21.7 Å². The summed E-state index contributed by atoms with van der Waals surface area (Å²) in [6, 6.07) is 17.9. The summed E-state index contributed by atoms with van der Waals surface area (Å²) in [6.07, 6.45) is -1.40. The van der Waals surface area contributed by atoms with Gasteiger partial charge in [-0.1, -0.05) is 36.4 Å². The number of halogens is 3. The van der Waals surface area contributed by atoms with E-state index >= 15 is 0 Å². The van der Waals surface area contributed by atoms with Gasteiger partial charge in [-0.3, -0.25) is 14.5 Å². The number of hydrogen-bond acceptors (Lipinski definition) is 5. The van der Waals surface area contributed by atoms with Crippen LogP contribution in [0.4, 0.5) is 30.2 Å². The van der Waals surface area contributed by atoms with E-state index in [-0.39, 0.29) is 17.5 Å².